The van der Waals surface area contributed by atoms with Crippen LogP contribution in [-0.2, 0) is 10.2 Å². The van der Waals surface area contributed by atoms with E-state index in [0.717, 1.165) is 19.3 Å². The van der Waals surface area contributed by atoms with Crippen molar-refractivity contribution in [2.24, 2.45) is 0 Å². The van der Waals surface area contributed by atoms with Crippen LogP contribution in [0, 0.1) is 0 Å². The van der Waals surface area contributed by atoms with Gasteiger partial charge in [0.05, 0.1) is 5.69 Å². The first-order valence-corrected chi connectivity index (χ1v) is 7.44. The number of rotatable bonds is 3. The second-order valence-corrected chi connectivity index (χ2v) is 6.41. The third kappa shape index (κ3) is 2.59. The lowest BCUT2D eigenvalue weighted by Gasteiger charge is -2.31. The van der Waals surface area contributed by atoms with E-state index in [1.54, 1.807) is 12.1 Å². The number of hydrogen-bond donors (Lipinski definition) is 1. The van der Waals surface area contributed by atoms with Crippen LogP contribution in [0.3, 0.4) is 0 Å². The van der Waals surface area contributed by atoms with Crippen molar-refractivity contribution in [2.45, 2.75) is 19.3 Å². The van der Waals surface area contributed by atoms with Crippen LogP contribution < -0.4 is 4.31 Å². The van der Waals surface area contributed by atoms with Crippen LogP contribution in [0.15, 0.2) is 24.3 Å². The second kappa shape index (κ2) is 5.16. The highest BCUT2D eigenvalue weighted by Crippen LogP contribution is 2.23. The number of aromatic hydroxyl groups is 1. The minimum Gasteiger partial charge on any atom is -0.508 e. The zero-order chi connectivity index (χ0) is 13.2. The average molecular weight is 270 g/mol. The topological polar surface area (TPSA) is 60.9 Å². The first kappa shape index (κ1) is 13.2. The molecular weight excluding hydrogens is 252 g/mol. The fraction of sp³-hybridized carbons (Fsp3) is 0.500. The lowest BCUT2D eigenvalue weighted by atomic mass is 10.2. The van der Waals surface area contributed by atoms with E-state index in [4.69, 9.17) is 0 Å². The van der Waals surface area contributed by atoms with Crippen molar-refractivity contribution in [3.63, 3.8) is 0 Å². The molecule has 1 aliphatic heterocycles. The SMILES string of the molecule is CN(c1ccc(O)cc1)S(=O)(=O)N1CCCCC1. The molecule has 0 aliphatic carbocycles. The van der Waals surface area contributed by atoms with Gasteiger partial charge in [-0.3, -0.25) is 4.31 Å². The van der Waals surface area contributed by atoms with Crippen LogP contribution in [0.2, 0.25) is 0 Å². The molecule has 0 radical (unpaired) electrons. The monoisotopic (exact) mass is 270 g/mol. The van der Waals surface area contributed by atoms with Crippen LogP contribution in [-0.4, -0.2) is 38.0 Å². The Morgan fingerprint density at radius 1 is 1.11 bits per heavy atom. The lowest BCUT2D eigenvalue weighted by Crippen LogP contribution is -2.44. The molecular formula is C12H18N2O3S. The summed E-state index contributed by atoms with van der Waals surface area (Å²) in [7, 11) is -1.90. The van der Waals surface area contributed by atoms with E-state index >= 15 is 0 Å². The standard InChI is InChI=1S/C12H18N2O3S/c1-13(11-5-7-12(15)8-6-11)18(16,17)14-9-3-2-4-10-14/h5-8,15H,2-4,9-10H2,1H3. The van der Waals surface area contributed by atoms with Gasteiger partial charge < -0.3 is 5.11 Å². The predicted octanol–water partition coefficient (Wildman–Crippen LogP) is 1.56. The normalized spacial score (nSPS) is 17.6. The molecule has 0 amide bonds. The zero-order valence-corrected chi connectivity index (χ0v) is 11.2. The number of piperidine rings is 1. The molecule has 0 spiro atoms. The third-order valence-electron chi connectivity index (χ3n) is 3.20. The lowest BCUT2D eigenvalue weighted by molar-refractivity contribution is 0.346. The van der Waals surface area contributed by atoms with Gasteiger partial charge in [-0.2, -0.15) is 12.7 Å². The van der Waals surface area contributed by atoms with Gasteiger partial charge in [0, 0.05) is 20.1 Å². The van der Waals surface area contributed by atoms with Crippen molar-refractivity contribution in [2.75, 3.05) is 24.4 Å². The van der Waals surface area contributed by atoms with Gasteiger partial charge in [0.1, 0.15) is 5.75 Å². The minimum absolute atomic E-state index is 0.127. The number of benzene rings is 1. The van der Waals surface area contributed by atoms with Crippen LogP contribution >= 0.6 is 0 Å². The predicted molar refractivity (Wildman–Crippen MR) is 70.9 cm³/mol. The average Bonchev–Trinajstić information content (AvgIpc) is 2.40. The Balaban J connectivity index is 2.20. The molecule has 1 heterocycles. The summed E-state index contributed by atoms with van der Waals surface area (Å²) in [4.78, 5) is 0. The fourth-order valence-electron chi connectivity index (χ4n) is 2.06. The molecule has 100 valence electrons. The van der Waals surface area contributed by atoms with Gasteiger partial charge in [-0.25, -0.2) is 0 Å². The van der Waals surface area contributed by atoms with Crippen molar-refractivity contribution in [1.29, 1.82) is 0 Å². The quantitative estimate of drug-likeness (QED) is 0.906. The highest BCUT2D eigenvalue weighted by atomic mass is 32.2. The Hall–Kier alpha value is -1.27. The molecule has 1 N–H and O–H groups in total. The van der Waals surface area contributed by atoms with Crippen molar-refractivity contribution in [3.8, 4) is 5.75 Å². The Kier molecular flexibility index (Phi) is 3.77. The molecule has 0 saturated carbocycles. The summed E-state index contributed by atoms with van der Waals surface area (Å²) in [5.74, 6) is 0.127. The molecule has 1 aliphatic rings. The van der Waals surface area contributed by atoms with Gasteiger partial charge in [0.15, 0.2) is 0 Å². The first-order chi connectivity index (χ1) is 8.51. The maximum Gasteiger partial charge on any atom is 0.303 e. The van der Waals surface area contributed by atoms with E-state index in [-0.39, 0.29) is 5.75 Å². The summed E-state index contributed by atoms with van der Waals surface area (Å²) >= 11 is 0. The molecule has 1 aromatic carbocycles. The molecule has 5 nitrogen and oxygen atoms in total. The largest absolute Gasteiger partial charge is 0.508 e. The van der Waals surface area contributed by atoms with Crippen molar-refractivity contribution < 1.29 is 13.5 Å². The fourth-order valence-corrected chi connectivity index (χ4v) is 3.52. The highest BCUT2D eigenvalue weighted by Gasteiger charge is 2.28. The minimum atomic E-state index is -3.44. The molecule has 2 rings (SSSR count). The van der Waals surface area contributed by atoms with Gasteiger partial charge in [-0.05, 0) is 37.1 Å². The molecule has 1 saturated heterocycles. The molecule has 6 heteroatoms. The number of hydrogen-bond acceptors (Lipinski definition) is 3. The van der Waals surface area contributed by atoms with Crippen molar-refractivity contribution in [3.05, 3.63) is 24.3 Å². The summed E-state index contributed by atoms with van der Waals surface area (Å²) in [5.41, 5.74) is 0.554. The van der Waals surface area contributed by atoms with Crippen LogP contribution in [0.1, 0.15) is 19.3 Å². The first-order valence-electron chi connectivity index (χ1n) is 6.05. The van der Waals surface area contributed by atoms with E-state index in [2.05, 4.69) is 0 Å². The van der Waals surface area contributed by atoms with Gasteiger partial charge in [-0.1, -0.05) is 6.42 Å². The molecule has 0 bridgehead atoms. The Morgan fingerprint density at radius 2 is 1.67 bits per heavy atom. The maximum atomic E-state index is 12.4. The van der Waals surface area contributed by atoms with Crippen molar-refractivity contribution >= 4 is 15.9 Å². The number of phenols is 1. The number of phenolic OH excluding ortho intramolecular Hbond substituents is 1. The Labute approximate surface area is 108 Å². The van der Waals surface area contributed by atoms with Crippen molar-refractivity contribution in [1.82, 2.24) is 4.31 Å². The summed E-state index contributed by atoms with van der Waals surface area (Å²) in [6.45, 7) is 1.18. The number of anilines is 1. The van der Waals surface area contributed by atoms with E-state index in [1.807, 2.05) is 0 Å². The van der Waals surface area contributed by atoms with Crippen LogP contribution in [0.25, 0.3) is 0 Å². The van der Waals surface area contributed by atoms with E-state index in [0.29, 0.717) is 18.8 Å². The smallest absolute Gasteiger partial charge is 0.303 e. The summed E-state index contributed by atoms with van der Waals surface area (Å²) in [5, 5.41) is 9.21. The molecule has 0 aromatic heterocycles. The number of nitrogens with zero attached hydrogens (tertiary/aromatic N) is 2. The van der Waals surface area contributed by atoms with Crippen LogP contribution in [0.5, 0.6) is 5.75 Å². The molecule has 0 unspecified atom stereocenters. The van der Waals surface area contributed by atoms with E-state index in [1.165, 1.54) is 27.8 Å². The van der Waals surface area contributed by atoms with Crippen LogP contribution in [0.4, 0.5) is 5.69 Å². The van der Waals surface area contributed by atoms with E-state index in [9.17, 15) is 13.5 Å². The van der Waals surface area contributed by atoms with Gasteiger partial charge in [0.2, 0.25) is 0 Å². The summed E-state index contributed by atoms with van der Waals surface area (Å²) in [6, 6.07) is 6.16. The van der Waals surface area contributed by atoms with Gasteiger partial charge >= 0.3 is 10.2 Å². The Morgan fingerprint density at radius 3 is 2.22 bits per heavy atom. The molecule has 1 fully saturated rings. The van der Waals surface area contributed by atoms with Gasteiger partial charge in [0.25, 0.3) is 0 Å². The van der Waals surface area contributed by atoms with E-state index < -0.39 is 10.2 Å². The molecule has 0 atom stereocenters. The third-order valence-corrected chi connectivity index (χ3v) is 5.12. The summed E-state index contributed by atoms with van der Waals surface area (Å²) < 4.78 is 27.5. The van der Waals surface area contributed by atoms with Gasteiger partial charge in [-0.15, -0.1) is 0 Å². The molecule has 1 aromatic rings. The Bertz CT molecular complexity index is 493. The highest BCUT2D eigenvalue weighted by molar-refractivity contribution is 7.90. The second-order valence-electron chi connectivity index (χ2n) is 4.45. The maximum absolute atomic E-state index is 12.4. The zero-order valence-electron chi connectivity index (χ0n) is 10.4. The molecule has 18 heavy (non-hydrogen) atoms. The summed E-state index contributed by atoms with van der Waals surface area (Å²) in [6.07, 6.45) is 2.93.